The largest absolute Gasteiger partial charge is 0.0617 e. The second-order valence-corrected chi connectivity index (χ2v) is 4.94. The van der Waals surface area contributed by atoms with Gasteiger partial charge in [-0.15, -0.1) is 0 Å². The predicted molar refractivity (Wildman–Crippen MR) is 80.8 cm³/mol. The Hall–Kier alpha value is -1.82. The summed E-state index contributed by atoms with van der Waals surface area (Å²) in [6.45, 7) is 8.66. The highest BCUT2D eigenvalue weighted by Crippen LogP contribution is 2.20. The van der Waals surface area contributed by atoms with E-state index in [2.05, 4.69) is 76.2 Å². The van der Waals surface area contributed by atoms with Crippen molar-refractivity contribution < 1.29 is 0 Å². The Morgan fingerprint density at radius 3 is 1.11 bits per heavy atom. The van der Waals surface area contributed by atoms with Crippen molar-refractivity contribution in [3.05, 3.63) is 69.8 Å². The van der Waals surface area contributed by atoms with Gasteiger partial charge in [0.15, 0.2) is 0 Å². The van der Waals surface area contributed by atoms with Gasteiger partial charge in [-0.2, -0.15) is 0 Å². The zero-order chi connectivity index (χ0) is 13.1. The maximum atomic E-state index is 2.24. The molecule has 0 spiro atoms. The van der Waals surface area contributed by atoms with E-state index in [0.717, 1.165) is 0 Å². The van der Waals surface area contributed by atoms with Crippen LogP contribution in [0.1, 0.15) is 33.4 Å². The number of rotatable bonds is 2. The lowest BCUT2D eigenvalue weighted by atomic mass is 9.98. The summed E-state index contributed by atoms with van der Waals surface area (Å²) in [7, 11) is 0. The van der Waals surface area contributed by atoms with Gasteiger partial charge in [0.05, 0.1) is 0 Å². The first-order chi connectivity index (χ1) is 8.59. The van der Waals surface area contributed by atoms with Gasteiger partial charge in [0.25, 0.3) is 0 Å². The maximum absolute atomic E-state index is 2.24. The van der Waals surface area contributed by atoms with Crippen molar-refractivity contribution in [3.63, 3.8) is 0 Å². The van der Waals surface area contributed by atoms with Gasteiger partial charge < -0.3 is 0 Å². The van der Waals surface area contributed by atoms with Gasteiger partial charge in [-0.25, -0.2) is 0 Å². The van der Waals surface area contributed by atoms with Crippen molar-refractivity contribution in [2.24, 2.45) is 0 Å². The average Bonchev–Trinajstić information content (AvgIpc) is 2.31. The topological polar surface area (TPSA) is 0 Å². The van der Waals surface area contributed by atoms with Gasteiger partial charge in [0, 0.05) is 0 Å². The molecule has 0 saturated heterocycles. The predicted octanol–water partition coefficient (Wildman–Crippen LogP) is 5.09. The van der Waals surface area contributed by atoms with E-state index in [1.54, 1.807) is 0 Å². The third kappa shape index (κ3) is 2.53. The second-order valence-electron chi connectivity index (χ2n) is 4.94. The molecule has 0 radical (unpaired) electrons. The van der Waals surface area contributed by atoms with Crippen LogP contribution in [0.25, 0.3) is 12.2 Å². The molecule has 0 atom stereocenters. The van der Waals surface area contributed by atoms with E-state index in [9.17, 15) is 0 Å². The molecule has 0 heterocycles. The van der Waals surface area contributed by atoms with Crippen LogP contribution in [-0.4, -0.2) is 0 Å². The lowest BCUT2D eigenvalue weighted by Crippen LogP contribution is -1.87. The Morgan fingerprint density at radius 2 is 0.833 bits per heavy atom. The van der Waals surface area contributed by atoms with Crippen LogP contribution in [0, 0.1) is 27.7 Å². The van der Waals surface area contributed by atoms with Crippen LogP contribution >= 0.6 is 0 Å². The minimum absolute atomic E-state index is 1.33. The van der Waals surface area contributed by atoms with Gasteiger partial charge in [0.1, 0.15) is 0 Å². The average molecular weight is 236 g/mol. The van der Waals surface area contributed by atoms with E-state index in [4.69, 9.17) is 0 Å². The summed E-state index contributed by atoms with van der Waals surface area (Å²) in [5, 5.41) is 0. The Bertz CT molecular complexity index is 495. The maximum Gasteiger partial charge on any atom is -0.0198 e. The van der Waals surface area contributed by atoms with Gasteiger partial charge in [-0.1, -0.05) is 48.6 Å². The number of benzene rings is 2. The molecule has 2 rings (SSSR count). The fourth-order valence-corrected chi connectivity index (χ4v) is 2.35. The highest BCUT2D eigenvalue weighted by atomic mass is 14.1. The smallest absolute Gasteiger partial charge is 0.0198 e. The van der Waals surface area contributed by atoms with E-state index in [-0.39, 0.29) is 0 Å². The molecule has 0 aliphatic carbocycles. The Kier molecular flexibility index (Phi) is 3.66. The first-order valence-corrected chi connectivity index (χ1v) is 6.40. The van der Waals surface area contributed by atoms with Crippen LogP contribution < -0.4 is 0 Å². The van der Waals surface area contributed by atoms with Crippen molar-refractivity contribution in [2.45, 2.75) is 27.7 Å². The fourth-order valence-electron chi connectivity index (χ4n) is 2.35. The Balaban J connectivity index is 2.43. The molecule has 0 N–H and O–H groups in total. The molecule has 92 valence electrons. The molecular formula is C18H20. The van der Waals surface area contributed by atoms with E-state index in [1.807, 2.05) is 0 Å². The quantitative estimate of drug-likeness (QED) is 0.637. The summed E-state index contributed by atoms with van der Waals surface area (Å²) in [6, 6.07) is 12.9. The van der Waals surface area contributed by atoms with Crippen molar-refractivity contribution in [2.75, 3.05) is 0 Å². The molecule has 2 aromatic carbocycles. The summed E-state index contributed by atoms with van der Waals surface area (Å²) in [6.07, 6.45) is 4.47. The first-order valence-electron chi connectivity index (χ1n) is 6.40. The van der Waals surface area contributed by atoms with E-state index < -0.39 is 0 Å². The molecule has 2 aromatic rings. The fraction of sp³-hybridized carbons (Fsp3) is 0.222. The Morgan fingerprint density at radius 1 is 0.556 bits per heavy atom. The highest BCUT2D eigenvalue weighted by Gasteiger charge is 2.00. The van der Waals surface area contributed by atoms with Gasteiger partial charge >= 0.3 is 0 Å². The molecule has 0 heteroatoms. The number of hydrogen-bond donors (Lipinski definition) is 0. The summed E-state index contributed by atoms with van der Waals surface area (Å²) in [5.41, 5.74) is 7.99. The van der Waals surface area contributed by atoms with Crippen LogP contribution in [0.4, 0.5) is 0 Å². The third-order valence-corrected chi connectivity index (χ3v) is 3.50. The van der Waals surface area contributed by atoms with E-state index in [1.165, 1.54) is 33.4 Å². The van der Waals surface area contributed by atoms with Crippen molar-refractivity contribution >= 4 is 12.2 Å². The molecule has 0 nitrogen and oxygen atoms in total. The van der Waals surface area contributed by atoms with E-state index in [0.29, 0.717) is 0 Å². The summed E-state index contributed by atoms with van der Waals surface area (Å²) in [5.74, 6) is 0. The molecule has 0 unspecified atom stereocenters. The first kappa shape index (κ1) is 12.6. The molecule has 0 bridgehead atoms. The summed E-state index contributed by atoms with van der Waals surface area (Å²) >= 11 is 0. The zero-order valence-corrected chi connectivity index (χ0v) is 11.6. The minimum Gasteiger partial charge on any atom is -0.0617 e. The summed E-state index contributed by atoms with van der Waals surface area (Å²) in [4.78, 5) is 0. The van der Waals surface area contributed by atoms with Crippen LogP contribution in [0.15, 0.2) is 36.4 Å². The van der Waals surface area contributed by atoms with Gasteiger partial charge in [0.2, 0.25) is 0 Å². The van der Waals surface area contributed by atoms with Crippen molar-refractivity contribution in [1.29, 1.82) is 0 Å². The molecule has 0 aliphatic rings. The molecule has 0 fully saturated rings. The van der Waals surface area contributed by atoms with E-state index >= 15 is 0 Å². The molecule has 0 aromatic heterocycles. The van der Waals surface area contributed by atoms with Crippen molar-refractivity contribution in [1.82, 2.24) is 0 Å². The van der Waals surface area contributed by atoms with Crippen LogP contribution in [-0.2, 0) is 0 Å². The SMILES string of the molecule is Cc1cccc(C)c1/C=C/c1c(C)cccc1C. The highest BCUT2D eigenvalue weighted by molar-refractivity contribution is 5.75. The number of hydrogen-bond acceptors (Lipinski definition) is 0. The molecular weight excluding hydrogens is 216 g/mol. The van der Waals surface area contributed by atoms with Gasteiger partial charge in [-0.3, -0.25) is 0 Å². The number of aryl methyl sites for hydroxylation is 4. The molecule has 0 aliphatic heterocycles. The zero-order valence-electron chi connectivity index (χ0n) is 11.6. The van der Waals surface area contributed by atoms with Crippen molar-refractivity contribution in [3.8, 4) is 0 Å². The molecule has 0 amide bonds. The lowest BCUT2D eigenvalue weighted by molar-refractivity contribution is 1.35. The molecule has 18 heavy (non-hydrogen) atoms. The minimum atomic E-state index is 1.33. The van der Waals surface area contributed by atoms with Gasteiger partial charge in [-0.05, 0) is 61.1 Å². The standard InChI is InChI=1S/C18H20/c1-13-7-5-8-14(2)17(13)11-12-18-15(3)9-6-10-16(18)4/h5-12H,1-4H3/b12-11+. The Labute approximate surface area is 110 Å². The van der Waals surface area contributed by atoms with Crippen LogP contribution in [0.5, 0.6) is 0 Å². The summed E-state index contributed by atoms with van der Waals surface area (Å²) < 4.78 is 0. The third-order valence-electron chi connectivity index (χ3n) is 3.50. The lowest BCUT2D eigenvalue weighted by Gasteiger charge is -2.07. The van der Waals surface area contributed by atoms with Crippen LogP contribution in [0.3, 0.4) is 0 Å². The molecule has 0 saturated carbocycles. The normalized spacial score (nSPS) is 11.1. The second kappa shape index (κ2) is 5.22. The van der Waals surface area contributed by atoms with Crippen LogP contribution in [0.2, 0.25) is 0 Å². The monoisotopic (exact) mass is 236 g/mol.